The highest BCUT2D eigenvalue weighted by Gasteiger charge is 2.28. The maximum atomic E-state index is 13.1. The van der Waals surface area contributed by atoms with Gasteiger partial charge in [0.15, 0.2) is 0 Å². The molecular formula is C25H30N4O2S. The predicted molar refractivity (Wildman–Crippen MR) is 127 cm³/mol. The summed E-state index contributed by atoms with van der Waals surface area (Å²) < 4.78 is 27.9. The number of hydrogen-bond acceptors (Lipinski definition) is 5. The minimum absolute atomic E-state index is 0.351. The minimum atomic E-state index is -3.50. The topological polar surface area (TPSA) is 66.4 Å². The van der Waals surface area contributed by atoms with Crippen LogP contribution in [0, 0.1) is 6.92 Å². The lowest BCUT2D eigenvalue weighted by Gasteiger charge is -2.26. The van der Waals surface area contributed by atoms with Gasteiger partial charge in [0.2, 0.25) is 10.0 Å². The number of hydrogen-bond donors (Lipinski definition) is 0. The van der Waals surface area contributed by atoms with E-state index in [0.29, 0.717) is 24.5 Å². The summed E-state index contributed by atoms with van der Waals surface area (Å²) in [6, 6.07) is 19.1. The van der Waals surface area contributed by atoms with E-state index in [4.69, 9.17) is 9.97 Å². The minimum Gasteiger partial charge on any atom is -0.355 e. The molecule has 4 rings (SSSR count). The Hall–Kier alpha value is -2.77. The molecule has 1 aliphatic heterocycles. The Morgan fingerprint density at radius 2 is 1.56 bits per heavy atom. The third kappa shape index (κ3) is 4.84. The molecule has 0 unspecified atom stereocenters. The Morgan fingerprint density at radius 1 is 0.875 bits per heavy atom. The van der Waals surface area contributed by atoms with Crippen molar-refractivity contribution in [3.63, 3.8) is 0 Å². The summed E-state index contributed by atoms with van der Waals surface area (Å²) in [5, 5.41) is 0. The van der Waals surface area contributed by atoms with Crippen molar-refractivity contribution < 1.29 is 8.42 Å². The maximum Gasteiger partial charge on any atom is 0.243 e. The van der Waals surface area contributed by atoms with Crippen molar-refractivity contribution >= 4 is 15.8 Å². The van der Waals surface area contributed by atoms with Crippen LogP contribution in [-0.2, 0) is 22.9 Å². The number of aryl methyl sites for hydroxylation is 2. The lowest BCUT2D eigenvalue weighted by atomic mass is 10.0. The van der Waals surface area contributed by atoms with Gasteiger partial charge >= 0.3 is 0 Å². The fraction of sp³-hybridized carbons (Fsp3) is 0.360. The average molecular weight is 451 g/mol. The van der Waals surface area contributed by atoms with Crippen molar-refractivity contribution in [2.24, 2.45) is 0 Å². The Morgan fingerprint density at radius 3 is 2.25 bits per heavy atom. The van der Waals surface area contributed by atoms with Crippen molar-refractivity contribution in [1.29, 1.82) is 0 Å². The van der Waals surface area contributed by atoms with Gasteiger partial charge in [-0.2, -0.15) is 4.31 Å². The zero-order chi connectivity index (χ0) is 22.6. The lowest BCUT2D eigenvalue weighted by Crippen LogP contribution is -2.35. The van der Waals surface area contributed by atoms with Gasteiger partial charge in [-0.05, 0) is 37.5 Å². The number of aromatic nitrogens is 2. The largest absolute Gasteiger partial charge is 0.355 e. The summed E-state index contributed by atoms with van der Waals surface area (Å²) in [6.45, 7) is 6.37. The fourth-order valence-corrected chi connectivity index (χ4v) is 5.75. The Labute approximate surface area is 191 Å². The summed E-state index contributed by atoms with van der Waals surface area (Å²) in [6.07, 6.45) is 2.35. The molecule has 1 aliphatic rings. The van der Waals surface area contributed by atoms with Crippen LogP contribution in [0.2, 0.25) is 0 Å². The predicted octanol–water partition coefficient (Wildman–Crippen LogP) is 3.84. The highest BCUT2D eigenvalue weighted by Crippen LogP contribution is 2.27. The van der Waals surface area contributed by atoms with Gasteiger partial charge in [0.05, 0.1) is 4.90 Å². The molecule has 0 amide bonds. The van der Waals surface area contributed by atoms with Crippen molar-refractivity contribution in [3.8, 4) is 0 Å². The van der Waals surface area contributed by atoms with Gasteiger partial charge in [0.25, 0.3) is 0 Å². The Bertz CT molecular complexity index is 1150. The molecule has 0 radical (unpaired) electrons. The molecule has 2 aromatic carbocycles. The molecular weight excluding hydrogens is 420 g/mol. The molecule has 0 spiro atoms. The van der Waals surface area contributed by atoms with Crippen LogP contribution in [0.4, 0.5) is 5.82 Å². The van der Waals surface area contributed by atoms with Gasteiger partial charge in [-0.3, -0.25) is 0 Å². The van der Waals surface area contributed by atoms with E-state index in [1.807, 2.05) is 31.2 Å². The second-order valence-electron chi connectivity index (χ2n) is 8.09. The van der Waals surface area contributed by atoms with Gasteiger partial charge in [0, 0.05) is 43.9 Å². The van der Waals surface area contributed by atoms with Crippen molar-refractivity contribution in [1.82, 2.24) is 14.3 Å². The summed E-state index contributed by atoms with van der Waals surface area (Å²) >= 11 is 0. The van der Waals surface area contributed by atoms with Crippen molar-refractivity contribution in [3.05, 3.63) is 83.3 Å². The van der Waals surface area contributed by atoms with Crippen molar-refractivity contribution in [2.45, 2.75) is 38.0 Å². The van der Waals surface area contributed by atoms with E-state index < -0.39 is 10.0 Å². The van der Waals surface area contributed by atoms with Crippen LogP contribution in [0.5, 0.6) is 0 Å². The smallest absolute Gasteiger partial charge is 0.243 e. The van der Waals surface area contributed by atoms with E-state index in [1.165, 1.54) is 5.56 Å². The first-order valence-electron chi connectivity index (χ1n) is 11.2. The van der Waals surface area contributed by atoms with E-state index in [2.05, 4.69) is 24.0 Å². The van der Waals surface area contributed by atoms with Gasteiger partial charge in [0.1, 0.15) is 11.6 Å². The molecule has 168 valence electrons. The maximum absolute atomic E-state index is 13.1. The molecule has 1 aromatic heterocycles. The highest BCUT2D eigenvalue weighted by atomic mass is 32.2. The first-order valence-corrected chi connectivity index (χ1v) is 12.6. The molecule has 1 saturated heterocycles. The zero-order valence-corrected chi connectivity index (χ0v) is 19.6. The number of nitrogens with zero attached hydrogens (tertiary/aromatic N) is 4. The van der Waals surface area contributed by atoms with Gasteiger partial charge in [-0.25, -0.2) is 18.4 Å². The molecule has 6 nitrogen and oxygen atoms in total. The molecule has 7 heteroatoms. The van der Waals surface area contributed by atoms with E-state index in [-0.39, 0.29) is 0 Å². The molecule has 32 heavy (non-hydrogen) atoms. The third-order valence-corrected chi connectivity index (χ3v) is 7.79. The monoisotopic (exact) mass is 450 g/mol. The second-order valence-corrected chi connectivity index (χ2v) is 10.0. The normalized spacial score (nSPS) is 15.5. The molecule has 0 bridgehead atoms. The molecule has 0 saturated carbocycles. The Kier molecular flexibility index (Phi) is 6.86. The zero-order valence-electron chi connectivity index (χ0n) is 18.7. The van der Waals surface area contributed by atoms with Crippen molar-refractivity contribution in [2.75, 3.05) is 31.1 Å². The highest BCUT2D eigenvalue weighted by molar-refractivity contribution is 7.89. The van der Waals surface area contributed by atoms with Crippen LogP contribution in [0.15, 0.2) is 65.6 Å². The number of sulfonamides is 1. The van der Waals surface area contributed by atoms with Gasteiger partial charge in [-0.15, -0.1) is 0 Å². The van der Waals surface area contributed by atoms with Crippen LogP contribution in [0.25, 0.3) is 0 Å². The summed E-state index contributed by atoms with van der Waals surface area (Å²) in [5.41, 5.74) is 3.43. The number of anilines is 1. The van der Waals surface area contributed by atoms with E-state index in [9.17, 15) is 8.42 Å². The molecule has 0 aliphatic carbocycles. The van der Waals surface area contributed by atoms with Crippen LogP contribution < -0.4 is 4.90 Å². The number of benzene rings is 2. The average Bonchev–Trinajstić information content (AvgIpc) is 3.08. The second kappa shape index (κ2) is 9.79. The third-order valence-electron chi connectivity index (χ3n) is 5.88. The van der Waals surface area contributed by atoms with E-state index in [1.54, 1.807) is 28.6 Å². The fourth-order valence-electron chi connectivity index (χ4n) is 4.26. The van der Waals surface area contributed by atoms with Gasteiger partial charge < -0.3 is 4.90 Å². The summed E-state index contributed by atoms with van der Waals surface area (Å²) in [7, 11) is -3.50. The lowest BCUT2D eigenvalue weighted by molar-refractivity contribution is 0.433. The van der Waals surface area contributed by atoms with Crippen LogP contribution in [-0.4, -0.2) is 48.9 Å². The van der Waals surface area contributed by atoms with E-state index in [0.717, 1.165) is 48.7 Å². The summed E-state index contributed by atoms with van der Waals surface area (Å²) in [5.74, 6) is 1.70. The first kappa shape index (κ1) is 22.4. The summed E-state index contributed by atoms with van der Waals surface area (Å²) in [4.78, 5) is 12.1. The van der Waals surface area contributed by atoms with Crippen LogP contribution >= 0.6 is 0 Å². The molecule has 2 heterocycles. The standard InChI is InChI=1S/C25H30N4O2S/c1-3-24-23(19-21-11-6-4-7-12-21)25(27-20(2)26-24)28-15-10-16-29(18-17-28)32(30,31)22-13-8-5-9-14-22/h4-9,11-14H,3,10,15-19H2,1-2H3. The molecule has 0 N–H and O–H groups in total. The molecule has 0 atom stereocenters. The SMILES string of the molecule is CCc1nc(C)nc(N2CCCN(S(=O)(=O)c3ccccc3)CC2)c1Cc1ccccc1. The van der Waals surface area contributed by atoms with Crippen LogP contribution in [0.1, 0.15) is 36.0 Å². The molecule has 3 aromatic rings. The van der Waals surface area contributed by atoms with Gasteiger partial charge in [-0.1, -0.05) is 55.5 Å². The van der Waals surface area contributed by atoms with E-state index >= 15 is 0 Å². The first-order chi connectivity index (χ1) is 15.5. The quantitative estimate of drug-likeness (QED) is 0.571. The molecule has 1 fully saturated rings. The van der Waals surface area contributed by atoms with Crippen LogP contribution in [0.3, 0.4) is 0 Å². The number of rotatable bonds is 6. The Balaban J connectivity index is 1.62.